The van der Waals surface area contributed by atoms with E-state index in [9.17, 15) is 4.79 Å². The van der Waals surface area contributed by atoms with Gasteiger partial charge in [0, 0.05) is 25.0 Å². The van der Waals surface area contributed by atoms with E-state index in [0.717, 1.165) is 18.7 Å². The molecule has 1 saturated heterocycles. The first-order valence-corrected chi connectivity index (χ1v) is 7.36. The molecule has 1 atom stereocenters. The predicted molar refractivity (Wildman–Crippen MR) is 92.2 cm³/mol. The van der Waals surface area contributed by atoms with Gasteiger partial charge in [-0.15, -0.1) is 12.4 Å². The van der Waals surface area contributed by atoms with Crippen LogP contribution in [0, 0.1) is 11.3 Å². The monoisotopic (exact) mass is 344 g/mol. The van der Waals surface area contributed by atoms with Crippen molar-refractivity contribution < 1.29 is 9.53 Å². The van der Waals surface area contributed by atoms with Crippen LogP contribution < -0.4 is 10.6 Å². The van der Waals surface area contributed by atoms with Crippen molar-refractivity contribution in [2.45, 2.75) is 6.10 Å². The molecule has 24 heavy (non-hydrogen) atoms. The first-order valence-electron chi connectivity index (χ1n) is 7.36. The molecule has 2 heterocycles. The van der Waals surface area contributed by atoms with Crippen LogP contribution in [0.5, 0.6) is 0 Å². The highest BCUT2D eigenvalue weighted by atomic mass is 35.5. The van der Waals surface area contributed by atoms with Crippen molar-refractivity contribution in [1.29, 1.82) is 5.26 Å². The Kier molecular flexibility index (Phi) is 6.27. The third-order valence-electron chi connectivity index (χ3n) is 3.61. The van der Waals surface area contributed by atoms with Crippen LogP contribution in [-0.4, -0.2) is 30.6 Å². The summed E-state index contributed by atoms with van der Waals surface area (Å²) in [7, 11) is 0. The number of nitrogens with one attached hydrogen (secondary N) is 2. The van der Waals surface area contributed by atoms with Crippen molar-refractivity contribution in [2.24, 2.45) is 0 Å². The third kappa shape index (κ3) is 4.30. The van der Waals surface area contributed by atoms with Crippen molar-refractivity contribution in [1.82, 2.24) is 10.3 Å². The Morgan fingerprint density at radius 3 is 2.67 bits per heavy atom. The Balaban J connectivity index is 0.00000208. The number of hydrogen-bond acceptors (Lipinski definition) is 5. The van der Waals surface area contributed by atoms with Gasteiger partial charge in [-0.05, 0) is 29.8 Å². The fraction of sp³-hybridized carbons (Fsp3) is 0.235. The third-order valence-corrected chi connectivity index (χ3v) is 3.61. The van der Waals surface area contributed by atoms with E-state index in [1.54, 1.807) is 6.07 Å². The molecule has 124 valence electrons. The lowest BCUT2D eigenvalue weighted by atomic mass is 10.1. The number of hydrogen-bond donors (Lipinski definition) is 2. The zero-order valence-electron chi connectivity index (χ0n) is 12.9. The van der Waals surface area contributed by atoms with Gasteiger partial charge >= 0.3 is 0 Å². The van der Waals surface area contributed by atoms with E-state index in [1.165, 1.54) is 12.3 Å². The molecule has 0 aliphatic carbocycles. The zero-order chi connectivity index (χ0) is 16.1. The Morgan fingerprint density at radius 1 is 1.29 bits per heavy atom. The maximum absolute atomic E-state index is 12.1. The number of nitriles is 1. The average Bonchev–Trinajstić information content (AvgIpc) is 2.63. The molecule has 0 bridgehead atoms. The summed E-state index contributed by atoms with van der Waals surface area (Å²) in [4.78, 5) is 16.0. The lowest BCUT2D eigenvalue weighted by molar-refractivity contribution is 0.0277. The zero-order valence-corrected chi connectivity index (χ0v) is 13.7. The van der Waals surface area contributed by atoms with Gasteiger partial charge in [-0.25, -0.2) is 4.98 Å². The van der Waals surface area contributed by atoms with E-state index < -0.39 is 0 Å². The van der Waals surface area contributed by atoms with Crippen molar-refractivity contribution in [3.8, 4) is 6.07 Å². The Hall–Kier alpha value is -2.46. The summed E-state index contributed by atoms with van der Waals surface area (Å²) in [6.07, 6.45) is 1.44. The molecule has 1 aromatic carbocycles. The van der Waals surface area contributed by atoms with Crippen molar-refractivity contribution in [3.05, 3.63) is 59.4 Å². The molecule has 1 aliphatic heterocycles. The van der Waals surface area contributed by atoms with Gasteiger partial charge in [0.25, 0.3) is 5.91 Å². The van der Waals surface area contributed by atoms with Gasteiger partial charge in [0.15, 0.2) is 0 Å². The number of carbonyl (C=O) groups is 1. The first kappa shape index (κ1) is 17.9. The fourth-order valence-corrected chi connectivity index (χ4v) is 2.36. The second-order valence-corrected chi connectivity index (χ2v) is 5.18. The van der Waals surface area contributed by atoms with Gasteiger partial charge in [0.1, 0.15) is 11.8 Å². The summed E-state index contributed by atoms with van der Waals surface area (Å²) in [6.45, 7) is 2.38. The number of anilines is 1. The van der Waals surface area contributed by atoms with Crippen LogP contribution in [0.1, 0.15) is 27.7 Å². The molecule has 1 fully saturated rings. The van der Waals surface area contributed by atoms with Gasteiger partial charge in [-0.2, -0.15) is 5.26 Å². The average molecular weight is 345 g/mol. The Labute approximate surface area is 146 Å². The highest BCUT2D eigenvalue weighted by Crippen LogP contribution is 2.21. The maximum Gasteiger partial charge on any atom is 0.257 e. The van der Waals surface area contributed by atoms with E-state index in [-0.39, 0.29) is 30.1 Å². The summed E-state index contributed by atoms with van der Waals surface area (Å²) >= 11 is 0. The molecule has 1 aliphatic rings. The molecule has 7 heteroatoms. The Morgan fingerprint density at radius 2 is 2.08 bits per heavy atom. The van der Waals surface area contributed by atoms with Crippen molar-refractivity contribution in [3.63, 3.8) is 0 Å². The number of aromatic nitrogens is 1. The number of pyridine rings is 1. The number of morpholine rings is 1. The number of halogens is 1. The summed E-state index contributed by atoms with van der Waals surface area (Å²) in [5.41, 5.74) is 2.47. The molecule has 0 spiro atoms. The van der Waals surface area contributed by atoms with Crippen LogP contribution in [-0.2, 0) is 4.74 Å². The second kappa shape index (κ2) is 8.41. The van der Waals surface area contributed by atoms with Crippen LogP contribution in [0.4, 0.5) is 5.69 Å². The van der Waals surface area contributed by atoms with E-state index in [4.69, 9.17) is 10.00 Å². The lowest BCUT2D eigenvalue weighted by Gasteiger charge is -2.24. The number of benzene rings is 1. The van der Waals surface area contributed by atoms with E-state index in [0.29, 0.717) is 17.9 Å². The standard InChI is InChI=1S/C17H16N4O2.ClH/c18-9-15-6-3-13(10-20-15)17(22)21-14-4-1-12(2-5-14)16-11-19-7-8-23-16;/h1-6,10,16,19H,7-8,11H2,(H,21,22);1H/t16-;/m0./s1. The summed E-state index contributed by atoms with van der Waals surface area (Å²) < 4.78 is 5.69. The molecule has 1 amide bonds. The molecule has 6 nitrogen and oxygen atoms in total. The quantitative estimate of drug-likeness (QED) is 0.892. The van der Waals surface area contributed by atoms with Crippen LogP contribution >= 0.6 is 12.4 Å². The van der Waals surface area contributed by atoms with Crippen molar-refractivity contribution in [2.75, 3.05) is 25.0 Å². The number of carbonyl (C=O) groups excluding carboxylic acids is 1. The number of nitrogens with zero attached hydrogens (tertiary/aromatic N) is 2. The molecule has 2 N–H and O–H groups in total. The highest BCUT2D eigenvalue weighted by molar-refractivity contribution is 6.04. The molecule has 1 aromatic heterocycles. The minimum absolute atomic E-state index is 0. The van der Waals surface area contributed by atoms with Gasteiger partial charge < -0.3 is 15.4 Å². The minimum Gasteiger partial charge on any atom is -0.371 e. The number of ether oxygens (including phenoxy) is 1. The van der Waals surface area contributed by atoms with E-state index in [1.807, 2.05) is 30.3 Å². The maximum atomic E-state index is 12.1. The molecule has 0 radical (unpaired) electrons. The predicted octanol–water partition coefficient (Wildman–Crippen LogP) is 2.29. The molecule has 3 rings (SSSR count). The van der Waals surface area contributed by atoms with E-state index >= 15 is 0 Å². The normalized spacial score (nSPS) is 16.5. The van der Waals surface area contributed by atoms with Crippen molar-refractivity contribution >= 4 is 24.0 Å². The number of rotatable bonds is 3. The summed E-state index contributed by atoms with van der Waals surface area (Å²) in [5, 5.41) is 14.8. The smallest absolute Gasteiger partial charge is 0.257 e. The molecule has 0 saturated carbocycles. The molecular weight excluding hydrogens is 328 g/mol. The Bertz CT molecular complexity index is 720. The topological polar surface area (TPSA) is 87.0 Å². The minimum atomic E-state index is -0.259. The summed E-state index contributed by atoms with van der Waals surface area (Å²) in [6, 6.07) is 12.6. The largest absolute Gasteiger partial charge is 0.371 e. The molecule has 2 aromatic rings. The van der Waals surface area contributed by atoms with Gasteiger partial charge in [-0.1, -0.05) is 12.1 Å². The lowest BCUT2D eigenvalue weighted by Crippen LogP contribution is -2.33. The SMILES string of the molecule is Cl.N#Cc1ccc(C(=O)Nc2ccc([C@@H]3CNCCO3)cc2)cn1. The van der Waals surface area contributed by atoms with Crippen LogP contribution in [0.15, 0.2) is 42.6 Å². The molecular formula is C17H17ClN4O2. The van der Waals surface area contributed by atoms with Crippen LogP contribution in [0.2, 0.25) is 0 Å². The fourth-order valence-electron chi connectivity index (χ4n) is 2.36. The first-order chi connectivity index (χ1) is 11.3. The van der Waals surface area contributed by atoms with Gasteiger partial charge in [0.05, 0.1) is 18.3 Å². The number of amides is 1. The highest BCUT2D eigenvalue weighted by Gasteiger charge is 2.15. The van der Waals surface area contributed by atoms with E-state index in [2.05, 4.69) is 15.6 Å². The van der Waals surface area contributed by atoms with Gasteiger partial charge in [-0.3, -0.25) is 4.79 Å². The van der Waals surface area contributed by atoms with Gasteiger partial charge in [0.2, 0.25) is 0 Å². The van der Waals surface area contributed by atoms with Crippen LogP contribution in [0.3, 0.4) is 0 Å². The van der Waals surface area contributed by atoms with Crippen LogP contribution in [0.25, 0.3) is 0 Å². The second-order valence-electron chi connectivity index (χ2n) is 5.18. The summed E-state index contributed by atoms with van der Waals surface area (Å²) in [5.74, 6) is -0.259. The molecule has 0 unspecified atom stereocenters.